The number of fused-ring (bicyclic) bond motifs is 1. The van der Waals surface area contributed by atoms with Gasteiger partial charge in [0.1, 0.15) is 17.7 Å². The van der Waals surface area contributed by atoms with E-state index in [4.69, 9.17) is 4.74 Å². The minimum Gasteiger partial charge on any atom is -0.484 e. The Hall–Kier alpha value is -2.48. The molecule has 0 aliphatic heterocycles. The van der Waals surface area contributed by atoms with Gasteiger partial charge in [0.05, 0.1) is 23.4 Å². The molecule has 1 aliphatic carbocycles. The summed E-state index contributed by atoms with van der Waals surface area (Å²) in [5, 5.41) is 6.20. The minimum atomic E-state index is -0.259. The molecule has 0 spiro atoms. The molecule has 3 aromatic carbocycles. The van der Waals surface area contributed by atoms with Gasteiger partial charge in [-0.2, -0.15) is 5.10 Å². The summed E-state index contributed by atoms with van der Waals surface area (Å²) in [7, 11) is 0. The molecule has 1 unspecified atom stereocenters. The monoisotopic (exact) mass is 479 g/mol. The van der Waals surface area contributed by atoms with Crippen molar-refractivity contribution in [3.63, 3.8) is 0 Å². The Morgan fingerprint density at radius 1 is 1.06 bits per heavy atom. The van der Waals surface area contributed by atoms with Crippen LogP contribution in [0.4, 0.5) is 4.39 Å². The number of thioether (sulfide) groups is 1. The van der Waals surface area contributed by atoms with E-state index in [0.29, 0.717) is 0 Å². The second-order valence-corrected chi connectivity index (χ2v) is 10.3. The Morgan fingerprint density at radius 2 is 1.82 bits per heavy atom. The first-order chi connectivity index (χ1) is 16.1. The number of hydrogen-bond donors (Lipinski definition) is 1. The van der Waals surface area contributed by atoms with Gasteiger partial charge in [-0.15, -0.1) is 11.8 Å². The zero-order valence-corrected chi connectivity index (χ0v) is 20.2. The van der Waals surface area contributed by atoms with Crippen molar-refractivity contribution < 1.29 is 9.13 Å². The number of nitrogens with one attached hydrogen (secondary N) is 1. The Balaban J connectivity index is 1.41. The highest BCUT2D eigenvalue weighted by Crippen LogP contribution is 2.35. The fraction of sp³-hybridized carbons (Fsp3) is 0.269. The predicted molar refractivity (Wildman–Crippen MR) is 136 cm³/mol. The van der Waals surface area contributed by atoms with E-state index in [-0.39, 0.29) is 18.0 Å². The van der Waals surface area contributed by atoms with Crippen molar-refractivity contribution in [1.82, 2.24) is 14.5 Å². The van der Waals surface area contributed by atoms with Crippen molar-refractivity contribution in [2.45, 2.75) is 42.1 Å². The third-order valence-electron chi connectivity index (χ3n) is 5.72. The van der Waals surface area contributed by atoms with Crippen LogP contribution in [-0.4, -0.2) is 27.3 Å². The van der Waals surface area contributed by atoms with Crippen molar-refractivity contribution >= 4 is 34.6 Å². The Bertz CT molecular complexity index is 1220. The van der Waals surface area contributed by atoms with E-state index >= 15 is 0 Å². The summed E-state index contributed by atoms with van der Waals surface area (Å²) in [6.45, 7) is 2.17. The van der Waals surface area contributed by atoms with Crippen molar-refractivity contribution in [3.8, 4) is 11.4 Å². The lowest BCUT2D eigenvalue weighted by Crippen LogP contribution is -2.31. The van der Waals surface area contributed by atoms with E-state index in [0.717, 1.165) is 33.2 Å². The summed E-state index contributed by atoms with van der Waals surface area (Å²) in [5.41, 5.74) is 2.92. The molecule has 1 saturated carbocycles. The fourth-order valence-electron chi connectivity index (χ4n) is 3.72. The lowest BCUT2D eigenvalue weighted by atomic mass is 10.0. The van der Waals surface area contributed by atoms with Gasteiger partial charge < -0.3 is 4.74 Å². The highest BCUT2D eigenvalue weighted by Gasteiger charge is 2.27. The van der Waals surface area contributed by atoms with E-state index < -0.39 is 0 Å². The third-order valence-corrected chi connectivity index (χ3v) is 7.77. The maximum absolute atomic E-state index is 13.3. The van der Waals surface area contributed by atoms with Crippen LogP contribution in [0.15, 0.2) is 77.8 Å². The molecule has 0 radical (unpaired) electrons. The van der Waals surface area contributed by atoms with E-state index in [1.54, 1.807) is 23.9 Å². The number of halogens is 1. The summed E-state index contributed by atoms with van der Waals surface area (Å²) in [6.07, 6.45) is 6.34. The maximum Gasteiger partial charge on any atom is 0.140 e. The largest absolute Gasteiger partial charge is 0.484 e. The number of aromatic nitrogens is 2. The summed E-state index contributed by atoms with van der Waals surface area (Å²) in [6, 6.07) is 21.1. The molecule has 1 heterocycles. The van der Waals surface area contributed by atoms with E-state index in [2.05, 4.69) is 47.3 Å². The quantitative estimate of drug-likeness (QED) is 0.211. The van der Waals surface area contributed by atoms with Crippen molar-refractivity contribution in [1.29, 1.82) is 0 Å². The van der Waals surface area contributed by atoms with Crippen LogP contribution in [0.1, 0.15) is 31.4 Å². The lowest BCUT2D eigenvalue weighted by molar-refractivity contribution is 0.175. The van der Waals surface area contributed by atoms with Gasteiger partial charge in [-0.25, -0.2) is 9.07 Å². The van der Waals surface area contributed by atoms with Gasteiger partial charge in [-0.05, 0) is 86.2 Å². The van der Waals surface area contributed by atoms with Crippen molar-refractivity contribution in [2.24, 2.45) is 0 Å². The molecular weight excluding hydrogens is 453 g/mol. The molecule has 1 aromatic heterocycles. The molecule has 170 valence electrons. The molecule has 0 amide bonds. The molecular formula is C26H26FN3OS2. The molecule has 5 rings (SSSR count). The molecule has 7 heteroatoms. The van der Waals surface area contributed by atoms with Gasteiger partial charge >= 0.3 is 0 Å². The zero-order chi connectivity index (χ0) is 22.8. The first kappa shape index (κ1) is 22.3. The molecule has 33 heavy (non-hydrogen) atoms. The Labute approximate surface area is 202 Å². The van der Waals surface area contributed by atoms with E-state index in [1.165, 1.54) is 29.9 Å². The standard InChI is InChI=1S/C26H26FN3OS2/c1-17(29-33-24-12-13-24)26(18-3-10-23(32-2)11-4-18)31-22-9-14-25-19(15-22)16-28-30(25)21-7-5-20(27)6-8-21/h3-11,14-17,24,26,29H,12-13H2,1-2H3/t17?,26-/m0/s1. The van der Waals surface area contributed by atoms with Crippen molar-refractivity contribution in [3.05, 3.63) is 84.3 Å². The summed E-state index contributed by atoms with van der Waals surface area (Å²) in [4.78, 5) is 1.24. The van der Waals surface area contributed by atoms with E-state index in [9.17, 15) is 4.39 Å². The summed E-state index contributed by atoms with van der Waals surface area (Å²) >= 11 is 3.56. The summed E-state index contributed by atoms with van der Waals surface area (Å²) < 4.78 is 25.3. The second-order valence-electron chi connectivity index (χ2n) is 8.29. The number of rotatable bonds is 9. The van der Waals surface area contributed by atoms with Crippen LogP contribution in [0.2, 0.25) is 0 Å². The maximum atomic E-state index is 13.3. The van der Waals surface area contributed by atoms with Crippen LogP contribution in [0, 0.1) is 5.82 Å². The Morgan fingerprint density at radius 3 is 2.52 bits per heavy atom. The van der Waals surface area contributed by atoms with Gasteiger partial charge in [0.2, 0.25) is 0 Å². The average Bonchev–Trinajstić information content (AvgIpc) is 3.59. The molecule has 4 aromatic rings. The molecule has 0 bridgehead atoms. The van der Waals surface area contributed by atoms with Crippen LogP contribution in [0.3, 0.4) is 0 Å². The van der Waals surface area contributed by atoms with Crippen LogP contribution >= 0.6 is 23.7 Å². The molecule has 2 atom stereocenters. The number of nitrogens with zero attached hydrogens (tertiary/aromatic N) is 2. The number of hydrogen-bond acceptors (Lipinski definition) is 5. The molecule has 0 saturated heterocycles. The Kier molecular flexibility index (Phi) is 6.62. The number of benzene rings is 3. The fourth-order valence-corrected chi connectivity index (χ4v) is 5.03. The SMILES string of the molecule is CSc1ccc([C@@H](Oc2ccc3c(cnn3-c3ccc(F)cc3)c2)C(C)NSC2CC2)cc1. The van der Waals surface area contributed by atoms with Crippen LogP contribution < -0.4 is 9.46 Å². The molecule has 1 fully saturated rings. The highest BCUT2D eigenvalue weighted by atomic mass is 32.2. The topological polar surface area (TPSA) is 39.1 Å². The van der Waals surface area contributed by atoms with Gasteiger partial charge in [0.15, 0.2) is 0 Å². The van der Waals surface area contributed by atoms with Gasteiger partial charge in [-0.3, -0.25) is 4.72 Å². The second kappa shape index (κ2) is 9.79. The third kappa shape index (κ3) is 5.21. The predicted octanol–water partition coefficient (Wildman–Crippen LogP) is 6.80. The average molecular weight is 480 g/mol. The van der Waals surface area contributed by atoms with Crippen molar-refractivity contribution in [2.75, 3.05) is 6.26 Å². The minimum absolute atomic E-state index is 0.128. The van der Waals surface area contributed by atoms with Gasteiger partial charge in [-0.1, -0.05) is 24.1 Å². The first-order valence-electron chi connectivity index (χ1n) is 11.1. The van der Waals surface area contributed by atoms with Gasteiger partial charge in [0, 0.05) is 15.5 Å². The molecule has 1 N–H and O–H groups in total. The normalized spacial score (nSPS) is 15.5. The van der Waals surface area contributed by atoms with E-state index in [1.807, 2.05) is 41.0 Å². The lowest BCUT2D eigenvalue weighted by Gasteiger charge is -2.26. The smallest absolute Gasteiger partial charge is 0.140 e. The molecule has 1 aliphatic rings. The van der Waals surface area contributed by atoms with Crippen LogP contribution in [0.5, 0.6) is 5.75 Å². The zero-order valence-electron chi connectivity index (χ0n) is 18.6. The highest BCUT2D eigenvalue weighted by molar-refractivity contribution is 7.98. The van der Waals surface area contributed by atoms with Crippen LogP contribution in [0.25, 0.3) is 16.6 Å². The van der Waals surface area contributed by atoms with Gasteiger partial charge in [0.25, 0.3) is 0 Å². The van der Waals surface area contributed by atoms with Crippen LogP contribution in [-0.2, 0) is 0 Å². The molecule has 4 nitrogen and oxygen atoms in total. The number of ether oxygens (including phenoxy) is 1. The first-order valence-corrected chi connectivity index (χ1v) is 13.2. The summed E-state index contributed by atoms with van der Waals surface area (Å²) in [5.74, 6) is 0.537.